The lowest BCUT2D eigenvalue weighted by Crippen LogP contribution is -2.16. The SMILES string of the molecule is COc1ccc(Cl)cc1C(=O)OCC(=O)c1ccc(C(C)(C)C)cc1. The zero-order chi connectivity index (χ0) is 18.6. The molecule has 2 aromatic rings. The zero-order valence-electron chi connectivity index (χ0n) is 14.8. The summed E-state index contributed by atoms with van der Waals surface area (Å²) in [5.74, 6) is -0.579. The van der Waals surface area contributed by atoms with E-state index in [9.17, 15) is 9.59 Å². The number of hydrogen-bond donors (Lipinski definition) is 0. The van der Waals surface area contributed by atoms with Crippen LogP contribution in [0.15, 0.2) is 42.5 Å². The van der Waals surface area contributed by atoms with Crippen LogP contribution in [0.1, 0.15) is 47.1 Å². The number of carbonyl (C=O) groups excluding carboxylic acids is 2. The van der Waals surface area contributed by atoms with E-state index in [4.69, 9.17) is 21.1 Å². The van der Waals surface area contributed by atoms with E-state index in [2.05, 4.69) is 20.8 Å². The summed E-state index contributed by atoms with van der Waals surface area (Å²) in [5.41, 5.74) is 1.83. The van der Waals surface area contributed by atoms with Crippen LogP contribution in [0.3, 0.4) is 0 Å². The molecule has 0 bridgehead atoms. The van der Waals surface area contributed by atoms with Crippen molar-refractivity contribution in [1.29, 1.82) is 0 Å². The molecule has 0 N–H and O–H groups in total. The maximum atomic E-state index is 12.2. The van der Waals surface area contributed by atoms with Crippen LogP contribution in [0.5, 0.6) is 5.75 Å². The van der Waals surface area contributed by atoms with Crippen molar-refractivity contribution >= 4 is 23.4 Å². The van der Waals surface area contributed by atoms with Gasteiger partial charge in [-0.1, -0.05) is 56.6 Å². The normalized spacial score (nSPS) is 11.1. The average molecular weight is 361 g/mol. The molecule has 0 aliphatic heterocycles. The molecule has 0 saturated carbocycles. The van der Waals surface area contributed by atoms with Crippen LogP contribution >= 0.6 is 11.6 Å². The van der Waals surface area contributed by atoms with Crippen molar-refractivity contribution in [2.24, 2.45) is 0 Å². The third-order valence-electron chi connectivity index (χ3n) is 3.79. The third kappa shape index (κ3) is 4.83. The molecule has 25 heavy (non-hydrogen) atoms. The molecule has 0 saturated heterocycles. The van der Waals surface area contributed by atoms with Crippen molar-refractivity contribution < 1.29 is 19.1 Å². The molecule has 2 aromatic carbocycles. The molecule has 0 aliphatic rings. The number of hydrogen-bond acceptors (Lipinski definition) is 4. The molecule has 0 aliphatic carbocycles. The van der Waals surface area contributed by atoms with E-state index in [1.807, 2.05) is 12.1 Å². The summed E-state index contributed by atoms with van der Waals surface area (Å²) in [6, 6.07) is 12.0. The van der Waals surface area contributed by atoms with Crippen LogP contribution in [0, 0.1) is 0 Å². The van der Waals surface area contributed by atoms with Gasteiger partial charge in [0.05, 0.1) is 7.11 Å². The lowest BCUT2D eigenvalue weighted by molar-refractivity contribution is 0.0471. The van der Waals surface area contributed by atoms with Gasteiger partial charge < -0.3 is 9.47 Å². The third-order valence-corrected chi connectivity index (χ3v) is 4.02. The van der Waals surface area contributed by atoms with E-state index in [1.165, 1.54) is 13.2 Å². The molecule has 5 heteroatoms. The van der Waals surface area contributed by atoms with Crippen LogP contribution in [0.4, 0.5) is 0 Å². The molecule has 0 fully saturated rings. The van der Waals surface area contributed by atoms with Gasteiger partial charge in [0.15, 0.2) is 12.4 Å². The number of esters is 1. The smallest absolute Gasteiger partial charge is 0.342 e. The van der Waals surface area contributed by atoms with Crippen molar-refractivity contribution in [2.45, 2.75) is 26.2 Å². The Bertz CT molecular complexity index is 773. The Labute approximate surface area is 152 Å². The minimum atomic E-state index is -0.654. The van der Waals surface area contributed by atoms with Gasteiger partial charge in [-0.3, -0.25) is 4.79 Å². The Balaban J connectivity index is 2.05. The fraction of sp³-hybridized carbons (Fsp3) is 0.300. The van der Waals surface area contributed by atoms with Crippen molar-refractivity contribution in [1.82, 2.24) is 0 Å². The highest BCUT2D eigenvalue weighted by Gasteiger charge is 2.18. The van der Waals surface area contributed by atoms with E-state index in [0.29, 0.717) is 16.3 Å². The van der Waals surface area contributed by atoms with Gasteiger partial charge in [0, 0.05) is 10.6 Å². The number of Topliss-reactive ketones (excluding diaryl/α,β-unsaturated/α-hetero) is 1. The maximum Gasteiger partial charge on any atom is 0.342 e. The number of ketones is 1. The summed E-state index contributed by atoms with van der Waals surface area (Å²) in [6.07, 6.45) is 0. The van der Waals surface area contributed by atoms with Gasteiger partial charge in [0.25, 0.3) is 0 Å². The molecule has 0 atom stereocenters. The number of carbonyl (C=O) groups is 2. The van der Waals surface area contributed by atoms with Gasteiger partial charge in [-0.2, -0.15) is 0 Å². The predicted octanol–water partition coefficient (Wildman–Crippen LogP) is 4.69. The molecule has 0 aromatic heterocycles. The van der Waals surface area contributed by atoms with Crippen LogP contribution in [0.2, 0.25) is 5.02 Å². The van der Waals surface area contributed by atoms with Gasteiger partial charge in [0.1, 0.15) is 11.3 Å². The van der Waals surface area contributed by atoms with Crippen molar-refractivity contribution in [2.75, 3.05) is 13.7 Å². The van der Waals surface area contributed by atoms with Crippen LogP contribution in [-0.4, -0.2) is 25.5 Å². The standard InChI is InChI=1S/C20H21ClO4/c1-20(2,3)14-7-5-13(6-8-14)17(22)12-25-19(23)16-11-15(21)9-10-18(16)24-4/h5-11H,12H2,1-4H3. The summed E-state index contributed by atoms with van der Waals surface area (Å²) < 4.78 is 10.2. The summed E-state index contributed by atoms with van der Waals surface area (Å²) in [7, 11) is 1.45. The van der Waals surface area contributed by atoms with Gasteiger partial charge in [0.2, 0.25) is 0 Å². The zero-order valence-corrected chi connectivity index (χ0v) is 15.5. The first kappa shape index (κ1) is 19.0. The number of halogens is 1. The average Bonchev–Trinajstić information content (AvgIpc) is 2.58. The molecule has 0 spiro atoms. The lowest BCUT2D eigenvalue weighted by Gasteiger charge is -2.19. The van der Waals surface area contributed by atoms with Crippen LogP contribution < -0.4 is 4.74 Å². The second-order valence-electron chi connectivity index (χ2n) is 6.67. The maximum absolute atomic E-state index is 12.2. The first-order valence-electron chi connectivity index (χ1n) is 7.87. The van der Waals surface area contributed by atoms with E-state index >= 15 is 0 Å². The molecule has 2 rings (SSSR count). The topological polar surface area (TPSA) is 52.6 Å². The first-order chi connectivity index (χ1) is 11.7. The summed E-state index contributed by atoms with van der Waals surface area (Å²) >= 11 is 5.90. The Morgan fingerprint density at radius 3 is 2.24 bits per heavy atom. The molecule has 0 radical (unpaired) electrons. The van der Waals surface area contributed by atoms with E-state index in [0.717, 1.165) is 5.56 Å². The molecule has 0 unspecified atom stereocenters. The van der Waals surface area contributed by atoms with Crippen LogP contribution in [0.25, 0.3) is 0 Å². The lowest BCUT2D eigenvalue weighted by atomic mass is 9.86. The molecule has 132 valence electrons. The fourth-order valence-corrected chi connectivity index (χ4v) is 2.46. The van der Waals surface area contributed by atoms with E-state index in [1.54, 1.807) is 24.3 Å². The van der Waals surface area contributed by atoms with Gasteiger partial charge in [-0.25, -0.2) is 4.79 Å². The van der Waals surface area contributed by atoms with Crippen molar-refractivity contribution in [3.8, 4) is 5.75 Å². The molecular formula is C20H21ClO4. The first-order valence-corrected chi connectivity index (χ1v) is 8.24. The molecule has 4 nitrogen and oxygen atoms in total. The highest BCUT2D eigenvalue weighted by Crippen LogP contribution is 2.24. The molecular weight excluding hydrogens is 340 g/mol. The summed E-state index contributed by atoms with van der Waals surface area (Å²) in [6.45, 7) is 5.96. The Morgan fingerprint density at radius 2 is 1.68 bits per heavy atom. The number of methoxy groups -OCH3 is 1. The van der Waals surface area contributed by atoms with Crippen molar-refractivity contribution in [3.05, 3.63) is 64.2 Å². The Kier molecular flexibility index (Phi) is 5.85. The van der Waals surface area contributed by atoms with Gasteiger partial charge in [-0.05, 0) is 29.2 Å². The minimum Gasteiger partial charge on any atom is -0.496 e. The molecule has 0 heterocycles. The summed E-state index contributed by atoms with van der Waals surface area (Å²) in [5, 5.41) is 0.386. The quantitative estimate of drug-likeness (QED) is 0.573. The number of benzene rings is 2. The second-order valence-corrected chi connectivity index (χ2v) is 7.11. The van der Waals surface area contributed by atoms with E-state index in [-0.39, 0.29) is 23.4 Å². The van der Waals surface area contributed by atoms with E-state index < -0.39 is 5.97 Å². The highest BCUT2D eigenvalue weighted by atomic mass is 35.5. The number of ether oxygens (including phenoxy) is 2. The van der Waals surface area contributed by atoms with Gasteiger partial charge in [-0.15, -0.1) is 0 Å². The molecule has 0 amide bonds. The predicted molar refractivity (Wildman–Crippen MR) is 97.8 cm³/mol. The largest absolute Gasteiger partial charge is 0.496 e. The van der Waals surface area contributed by atoms with Crippen LogP contribution in [-0.2, 0) is 10.2 Å². The Hall–Kier alpha value is -2.33. The van der Waals surface area contributed by atoms with Crippen molar-refractivity contribution in [3.63, 3.8) is 0 Å². The fourth-order valence-electron chi connectivity index (χ4n) is 2.29. The monoisotopic (exact) mass is 360 g/mol. The Morgan fingerprint density at radius 1 is 1.04 bits per heavy atom. The highest BCUT2D eigenvalue weighted by molar-refractivity contribution is 6.31. The summed E-state index contributed by atoms with van der Waals surface area (Å²) in [4.78, 5) is 24.4. The van der Waals surface area contributed by atoms with Gasteiger partial charge >= 0.3 is 5.97 Å². The number of rotatable bonds is 5. The minimum absolute atomic E-state index is 0.0111. The second kappa shape index (κ2) is 7.70.